The van der Waals surface area contributed by atoms with E-state index in [2.05, 4.69) is 4.72 Å². The first-order valence-corrected chi connectivity index (χ1v) is 9.50. The molecule has 0 spiro atoms. The molecule has 0 aliphatic heterocycles. The van der Waals surface area contributed by atoms with E-state index in [-0.39, 0.29) is 28.2 Å². The Labute approximate surface area is 159 Å². The Balaban J connectivity index is 1.75. The fourth-order valence-corrected chi connectivity index (χ4v) is 3.14. The highest BCUT2D eigenvalue weighted by Gasteiger charge is 2.17. The largest absolute Gasteiger partial charge is 0.490 e. The number of benzene rings is 2. The summed E-state index contributed by atoms with van der Waals surface area (Å²) in [6.07, 6.45) is 0. The molecule has 10 heteroatoms. The Kier molecular flexibility index (Phi) is 7.22. The van der Waals surface area contributed by atoms with Gasteiger partial charge in [0, 0.05) is 0 Å². The first kappa shape index (κ1) is 20.4. The number of hydrogen-bond donors (Lipinski definition) is 1. The normalized spacial score (nSPS) is 11.2. The number of nitrogens with one attached hydrogen (secondary N) is 1. The third kappa shape index (κ3) is 6.14. The maximum atomic E-state index is 12.7. The number of esters is 1. The second kappa shape index (κ2) is 9.18. The highest BCUT2D eigenvalue weighted by atomic mass is 35.5. The van der Waals surface area contributed by atoms with Gasteiger partial charge in [0.05, 0.1) is 14.9 Å². The highest BCUT2D eigenvalue weighted by Crippen LogP contribution is 2.24. The summed E-state index contributed by atoms with van der Waals surface area (Å²) in [5.41, 5.74) is 0. The number of hydrogen-bond acceptors (Lipinski definition) is 5. The summed E-state index contributed by atoms with van der Waals surface area (Å²) in [7, 11) is -3.93. The molecule has 0 aliphatic carbocycles. The highest BCUT2D eigenvalue weighted by molar-refractivity contribution is 7.89. The summed E-state index contributed by atoms with van der Waals surface area (Å²) < 4.78 is 49.1. The predicted octanol–water partition coefficient (Wildman–Crippen LogP) is 3.03. The Morgan fingerprint density at radius 2 is 1.73 bits per heavy atom. The zero-order valence-electron chi connectivity index (χ0n) is 13.2. The molecule has 0 aromatic heterocycles. The summed E-state index contributed by atoms with van der Waals surface area (Å²) in [4.78, 5) is 11.5. The molecule has 0 atom stereocenters. The van der Waals surface area contributed by atoms with Crippen molar-refractivity contribution in [1.82, 2.24) is 4.72 Å². The van der Waals surface area contributed by atoms with Crippen molar-refractivity contribution in [3.05, 3.63) is 58.3 Å². The lowest BCUT2D eigenvalue weighted by Gasteiger charge is -2.09. The zero-order valence-corrected chi connectivity index (χ0v) is 15.6. The number of carbonyl (C=O) groups is 1. The van der Waals surface area contributed by atoms with E-state index in [9.17, 15) is 17.6 Å². The maximum absolute atomic E-state index is 12.7. The molecule has 0 bridgehead atoms. The van der Waals surface area contributed by atoms with E-state index in [1.165, 1.54) is 42.5 Å². The predicted molar refractivity (Wildman–Crippen MR) is 94.5 cm³/mol. The van der Waals surface area contributed by atoms with Gasteiger partial charge in [0.25, 0.3) is 0 Å². The van der Waals surface area contributed by atoms with Gasteiger partial charge in [0.2, 0.25) is 10.0 Å². The summed E-state index contributed by atoms with van der Waals surface area (Å²) in [5, 5.41) is 0.293. The van der Waals surface area contributed by atoms with Crippen LogP contribution in [0.15, 0.2) is 47.4 Å². The minimum atomic E-state index is -3.93. The van der Waals surface area contributed by atoms with Gasteiger partial charge in [-0.15, -0.1) is 0 Å². The summed E-state index contributed by atoms with van der Waals surface area (Å²) in [6.45, 7) is -0.610. The number of rotatable bonds is 8. The van der Waals surface area contributed by atoms with Crippen LogP contribution in [-0.2, 0) is 19.6 Å². The molecular formula is C16H14Cl2FNO5S. The van der Waals surface area contributed by atoms with Crippen molar-refractivity contribution in [3.63, 3.8) is 0 Å². The van der Waals surface area contributed by atoms with Crippen LogP contribution in [0.3, 0.4) is 0 Å². The molecule has 26 heavy (non-hydrogen) atoms. The van der Waals surface area contributed by atoms with Crippen molar-refractivity contribution in [2.75, 3.05) is 19.8 Å². The van der Waals surface area contributed by atoms with Crippen molar-refractivity contribution in [3.8, 4) is 5.75 Å². The van der Waals surface area contributed by atoms with Gasteiger partial charge in [0.15, 0.2) is 0 Å². The van der Waals surface area contributed by atoms with E-state index in [1.54, 1.807) is 0 Å². The standard InChI is InChI=1S/C16H14Cl2FNO5S/c17-14-6-5-13(9-15(14)18)26(22,23)20-10-16(21)25-8-7-24-12-3-1-11(19)2-4-12/h1-6,9,20H,7-8,10H2. The molecule has 2 aromatic rings. The van der Waals surface area contributed by atoms with Crippen molar-refractivity contribution in [2.45, 2.75) is 4.90 Å². The van der Waals surface area contributed by atoms with E-state index >= 15 is 0 Å². The molecule has 0 radical (unpaired) electrons. The van der Waals surface area contributed by atoms with Gasteiger partial charge in [-0.2, -0.15) is 4.72 Å². The first-order chi connectivity index (χ1) is 12.3. The lowest BCUT2D eigenvalue weighted by Crippen LogP contribution is -2.31. The van der Waals surface area contributed by atoms with Crippen LogP contribution < -0.4 is 9.46 Å². The summed E-state index contributed by atoms with van der Waals surface area (Å²) >= 11 is 11.5. The van der Waals surface area contributed by atoms with Crippen LogP contribution in [0, 0.1) is 5.82 Å². The quantitative estimate of drug-likeness (QED) is 0.523. The number of ether oxygens (including phenoxy) is 2. The minimum Gasteiger partial charge on any atom is -0.490 e. The van der Waals surface area contributed by atoms with Crippen LogP contribution in [0.25, 0.3) is 0 Å². The van der Waals surface area contributed by atoms with Gasteiger partial charge >= 0.3 is 5.97 Å². The minimum absolute atomic E-state index is 0.0386. The zero-order chi connectivity index (χ0) is 19.2. The lowest BCUT2D eigenvalue weighted by atomic mass is 10.3. The Morgan fingerprint density at radius 3 is 2.38 bits per heavy atom. The molecule has 0 fully saturated rings. The second-order valence-corrected chi connectivity index (χ2v) is 7.50. The van der Waals surface area contributed by atoms with Gasteiger partial charge in [-0.05, 0) is 42.5 Å². The average Bonchev–Trinajstić information content (AvgIpc) is 2.61. The van der Waals surface area contributed by atoms with Crippen LogP contribution in [0.4, 0.5) is 4.39 Å². The van der Waals surface area contributed by atoms with Gasteiger partial charge in [-0.1, -0.05) is 23.2 Å². The van der Waals surface area contributed by atoms with E-state index in [0.717, 1.165) is 0 Å². The van der Waals surface area contributed by atoms with Crippen molar-refractivity contribution in [2.24, 2.45) is 0 Å². The number of halogens is 3. The fraction of sp³-hybridized carbons (Fsp3) is 0.188. The van der Waals surface area contributed by atoms with Crippen LogP contribution in [0.1, 0.15) is 0 Å². The van der Waals surface area contributed by atoms with Crippen molar-refractivity contribution in [1.29, 1.82) is 0 Å². The molecule has 0 unspecified atom stereocenters. The molecule has 0 saturated heterocycles. The van der Waals surface area contributed by atoms with E-state index < -0.39 is 28.4 Å². The maximum Gasteiger partial charge on any atom is 0.321 e. The number of sulfonamides is 1. The Hall–Kier alpha value is -1.87. The van der Waals surface area contributed by atoms with Crippen molar-refractivity contribution < 1.29 is 27.1 Å². The van der Waals surface area contributed by atoms with Crippen molar-refractivity contribution >= 4 is 39.2 Å². The molecule has 1 N–H and O–H groups in total. The summed E-state index contributed by atoms with van der Waals surface area (Å²) in [5.74, 6) is -0.753. The number of carbonyl (C=O) groups excluding carboxylic acids is 1. The Bertz CT molecular complexity index is 875. The topological polar surface area (TPSA) is 81.7 Å². The molecule has 140 valence electrons. The third-order valence-electron chi connectivity index (χ3n) is 3.04. The molecule has 6 nitrogen and oxygen atoms in total. The van der Waals surface area contributed by atoms with Crippen LogP contribution in [-0.4, -0.2) is 34.1 Å². The molecule has 0 saturated carbocycles. The summed E-state index contributed by atoms with van der Waals surface area (Å²) in [6, 6.07) is 9.11. The fourth-order valence-electron chi connectivity index (χ4n) is 1.78. The van der Waals surface area contributed by atoms with Gasteiger partial charge < -0.3 is 9.47 Å². The molecule has 2 rings (SSSR count). The third-order valence-corrected chi connectivity index (χ3v) is 5.17. The van der Waals surface area contributed by atoms with E-state index in [4.69, 9.17) is 32.7 Å². The van der Waals surface area contributed by atoms with Gasteiger partial charge in [-0.3, -0.25) is 4.79 Å². The molecular weight excluding hydrogens is 408 g/mol. The molecule has 2 aromatic carbocycles. The van der Waals surface area contributed by atoms with Gasteiger partial charge in [0.1, 0.15) is 31.3 Å². The SMILES string of the molecule is O=C(CNS(=O)(=O)c1ccc(Cl)c(Cl)c1)OCCOc1ccc(F)cc1. The van der Waals surface area contributed by atoms with Crippen LogP contribution in [0.2, 0.25) is 10.0 Å². The first-order valence-electron chi connectivity index (χ1n) is 7.26. The average molecular weight is 422 g/mol. The van der Waals surface area contributed by atoms with Crippen LogP contribution in [0.5, 0.6) is 5.75 Å². The molecule has 0 amide bonds. The smallest absolute Gasteiger partial charge is 0.321 e. The van der Waals surface area contributed by atoms with Gasteiger partial charge in [-0.25, -0.2) is 12.8 Å². The second-order valence-electron chi connectivity index (χ2n) is 4.92. The molecule has 0 aliphatic rings. The Morgan fingerprint density at radius 1 is 1.04 bits per heavy atom. The monoisotopic (exact) mass is 421 g/mol. The van der Waals surface area contributed by atoms with E-state index in [0.29, 0.717) is 5.75 Å². The molecule has 0 heterocycles. The van der Waals surface area contributed by atoms with E-state index in [1.807, 2.05) is 0 Å². The lowest BCUT2D eigenvalue weighted by molar-refractivity contribution is -0.142. The van der Waals surface area contributed by atoms with Crippen LogP contribution >= 0.6 is 23.2 Å².